The molecule has 0 atom stereocenters. The van der Waals surface area contributed by atoms with Crippen molar-refractivity contribution in [2.24, 2.45) is 0 Å². The smallest absolute Gasteiger partial charge is 0.257 e. The van der Waals surface area contributed by atoms with Crippen LogP contribution in [0.15, 0.2) is 46.5 Å². The summed E-state index contributed by atoms with van der Waals surface area (Å²) in [5, 5.41) is 5.29. The fourth-order valence-corrected chi connectivity index (χ4v) is 2.45. The molecule has 0 bridgehead atoms. The second-order valence-corrected chi connectivity index (χ2v) is 5.08. The number of nitrogens with zero attached hydrogens (tertiary/aromatic N) is 2. The van der Waals surface area contributed by atoms with Gasteiger partial charge in [-0.05, 0) is 24.3 Å². The molecule has 0 aliphatic rings. The van der Waals surface area contributed by atoms with E-state index >= 15 is 0 Å². The van der Waals surface area contributed by atoms with Gasteiger partial charge in [-0.15, -0.1) is 11.3 Å². The van der Waals surface area contributed by atoms with Gasteiger partial charge in [-0.25, -0.2) is 9.97 Å². The minimum absolute atomic E-state index is 0.271. The van der Waals surface area contributed by atoms with E-state index in [4.69, 9.17) is 16.0 Å². The lowest BCUT2D eigenvalue weighted by Gasteiger charge is -2.01. The van der Waals surface area contributed by atoms with Gasteiger partial charge >= 0.3 is 0 Å². The topological polar surface area (TPSA) is 68.0 Å². The highest BCUT2D eigenvalue weighted by molar-refractivity contribution is 7.14. The van der Waals surface area contributed by atoms with E-state index < -0.39 is 0 Å². The summed E-state index contributed by atoms with van der Waals surface area (Å²) in [6.45, 7) is 0. The van der Waals surface area contributed by atoms with Crippen molar-refractivity contribution >= 4 is 34.0 Å². The Kier molecular flexibility index (Phi) is 3.49. The molecule has 1 N–H and O–H groups in total. The number of pyridine rings is 1. The van der Waals surface area contributed by atoms with Crippen molar-refractivity contribution < 1.29 is 9.21 Å². The average molecular weight is 306 g/mol. The Morgan fingerprint density at radius 1 is 1.40 bits per heavy atom. The lowest BCUT2D eigenvalue weighted by atomic mass is 10.2. The minimum atomic E-state index is -0.283. The number of halogens is 1. The van der Waals surface area contributed by atoms with E-state index in [1.807, 2.05) is 11.4 Å². The Morgan fingerprint density at radius 2 is 2.30 bits per heavy atom. The van der Waals surface area contributed by atoms with E-state index in [1.54, 1.807) is 18.4 Å². The molecule has 0 fully saturated rings. The Morgan fingerprint density at radius 3 is 3.05 bits per heavy atom. The van der Waals surface area contributed by atoms with Crippen LogP contribution in [0.1, 0.15) is 10.4 Å². The van der Waals surface area contributed by atoms with Crippen LogP contribution < -0.4 is 5.32 Å². The fourth-order valence-electron chi connectivity index (χ4n) is 1.58. The van der Waals surface area contributed by atoms with Gasteiger partial charge in [0.1, 0.15) is 10.8 Å². The van der Waals surface area contributed by atoms with Gasteiger partial charge in [0, 0.05) is 17.1 Å². The normalized spacial score (nSPS) is 10.4. The molecule has 3 aromatic rings. The van der Waals surface area contributed by atoms with E-state index in [2.05, 4.69) is 15.3 Å². The van der Waals surface area contributed by atoms with Crippen molar-refractivity contribution in [1.29, 1.82) is 0 Å². The Bertz CT molecular complexity index is 740. The monoisotopic (exact) mass is 305 g/mol. The van der Waals surface area contributed by atoms with Crippen LogP contribution >= 0.6 is 22.9 Å². The Balaban J connectivity index is 1.77. The summed E-state index contributed by atoms with van der Waals surface area (Å²) in [7, 11) is 0. The molecule has 100 valence electrons. The molecule has 0 aromatic carbocycles. The summed E-state index contributed by atoms with van der Waals surface area (Å²) in [4.78, 5) is 20.1. The number of nitrogens with one attached hydrogen (secondary N) is 1. The molecule has 3 heterocycles. The second-order valence-electron chi connectivity index (χ2n) is 3.84. The molecule has 0 radical (unpaired) electrons. The fraction of sp³-hybridized carbons (Fsp3) is 0. The molecule has 0 saturated carbocycles. The molecule has 5 nitrogen and oxygen atoms in total. The number of hydrogen-bond acceptors (Lipinski definition) is 5. The molecule has 20 heavy (non-hydrogen) atoms. The maximum absolute atomic E-state index is 12.0. The van der Waals surface area contributed by atoms with Crippen molar-refractivity contribution in [3.63, 3.8) is 0 Å². The highest BCUT2D eigenvalue weighted by Gasteiger charge is 2.11. The second kappa shape index (κ2) is 5.44. The molecule has 0 aliphatic carbocycles. The van der Waals surface area contributed by atoms with Gasteiger partial charge in [0.25, 0.3) is 5.91 Å². The van der Waals surface area contributed by atoms with Crippen LogP contribution in [0.2, 0.25) is 5.15 Å². The van der Waals surface area contributed by atoms with Gasteiger partial charge in [-0.1, -0.05) is 11.6 Å². The largest absolute Gasteiger partial charge is 0.463 e. The van der Waals surface area contributed by atoms with Gasteiger partial charge in [0.15, 0.2) is 10.9 Å². The van der Waals surface area contributed by atoms with Gasteiger partial charge in [0.05, 0.1) is 6.26 Å². The van der Waals surface area contributed by atoms with Crippen LogP contribution in [-0.2, 0) is 0 Å². The quantitative estimate of drug-likeness (QED) is 0.749. The predicted molar refractivity (Wildman–Crippen MR) is 77.0 cm³/mol. The van der Waals surface area contributed by atoms with Crippen LogP contribution in [0.4, 0.5) is 5.13 Å². The lowest BCUT2D eigenvalue weighted by molar-refractivity contribution is 0.102. The Hall–Kier alpha value is -2.18. The number of hydrogen-bond donors (Lipinski definition) is 1. The third kappa shape index (κ3) is 2.71. The lowest BCUT2D eigenvalue weighted by Crippen LogP contribution is -2.11. The zero-order chi connectivity index (χ0) is 13.9. The van der Waals surface area contributed by atoms with Crippen molar-refractivity contribution in [2.45, 2.75) is 0 Å². The van der Waals surface area contributed by atoms with Crippen molar-refractivity contribution in [1.82, 2.24) is 9.97 Å². The van der Waals surface area contributed by atoms with Crippen molar-refractivity contribution in [3.05, 3.63) is 52.8 Å². The molecule has 3 rings (SSSR count). The van der Waals surface area contributed by atoms with Crippen LogP contribution in [-0.4, -0.2) is 15.9 Å². The van der Waals surface area contributed by atoms with Gasteiger partial charge < -0.3 is 4.42 Å². The van der Waals surface area contributed by atoms with Crippen molar-refractivity contribution in [3.8, 4) is 11.5 Å². The summed E-state index contributed by atoms with van der Waals surface area (Å²) in [6.07, 6.45) is 3.05. The molecular weight excluding hydrogens is 298 g/mol. The van der Waals surface area contributed by atoms with E-state index in [0.29, 0.717) is 22.1 Å². The molecule has 0 saturated heterocycles. The number of amides is 1. The molecule has 0 spiro atoms. The number of furan rings is 1. The molecule has 7 heteroatoms. The summed E-state index contributed by atoms with van der Waals surface area (Å²) in [5.41, 5.74) is 1.11. The van der Waals surface area contributed by atoms with Gasteiger partial charge in [-0.2, -0.15) is 0 Å². The zero-order valence-corrected chi connectivity index (χ0v) is 11.6. The molecular formula is C13H8ClN3O2S. The third-order valence-electron chi connectivity index (χ3n) is 2.49. The van der Waals surface area contributed by atoms with Crippen LogP contribution in [0.5, 0.6) is 0 Å². The number of anilines is 1. The van der Waals surface area contributed by atoms with Gasteiger partial charge in [0.2, 0.25) is 0 Å². The average Bonchev–Trinajstić information content (AvgIpc) is 3.08. The molecule has 0 aliphatic heterocycles. The maximum Gasteiger partial charge on any atom is 0.257 e. The van der Waals surface area contributed by atoms with Crippen molar-refractivity contribution in [2.75, 3.05) is 5.32 Å². The number of rotatable bonds is 3. The predicted octanol–water partition coefficient (Wildman–Crippen LogP) is 3.70. The number of carbonyl (C=O) groups is 1. The Labute approximate surface area is 123 Å². The summed E-state index contributed by atoms with van der Waals surface area (Å²) in [5.74, 6) is 0.378. The maximum atomic E-state index is 12.0. The highest BCUT2D eigenvalue weighted by atomic mass is 35.5. The first-order chi connectivity index (χ1) is 9.72. The third-order valence-corrected chi connectivity index (χ3v) is 3.45. The van der Waals surface area contributed by atoms with E-state index in [0.717, 1.165) is 0 Å². The summed E-state index contributed by atoms with van der Waals surface area (Å²) in [6, 6.07) is 6.68. The van der Waals surface area contributed by atoms with E-state index in [9.17, 15) is 4.79 Å². The van der Waals surface area contributed by atoms with Crippen LogP contribution in [0.25, 0.3) is 11.5 Å². The summed E-state index contributed by atoms with van der Waals surface area (Å²) >= 11 is 7.07. The van der Waals surface area contributed by atoms with E-state index in [1.165, 1.54) is 23.6 Å². The number of carbonyl (C=O) groups excluding carboxylic acids is 1. The zero-order valence-electron chi connectivity index (χ0n) is 10.0. The first kappa shape index (κ1) is 12.8. The van der Waals surface area contributed by atoms with E-state index in [-0.39, 0.29) is 11.1 Å². The standard InChI is InChI=1S/C13H8ClN3O2S/c14-11-6-8(3-4-15-11)12(18)17-13-16-9(7-20-13)10-2-1-5-19-10/h1-7H,(H,16,17,18). The first-order valence-electron chi connectivity index (χ1n) is 5.65. The first-order valence-corrected chi connectivity index (χ1v) is 6.90. The molecule has 1 amide bonds. The number of thiazole rings is 1. The highest BCUT2D eigenvalue weighted by Crippen LogP contribution is 2.25. The minimum Gasteiger partial charge on any atom is -0.463 e. The van der Waals surface area contributed by atoms with Crippen LogP contribution in [0.3, 0.4) is 0 Å². The molecule has 3 aromatic heterocycles. The molecule has 0 unspecified atom stereocenters. The summed E-state index contributed by atoms with van der Waals surface area (Å²) < 4.78 is 5.24. The number of aromatic nitrogens is 2. The van der Waals surface area contributed by atoms with Gasteiger partial charge in [-0.3, -0.25) is 10.1 Å². The van der Waals surface area contributed by atoms with Crippen LogP contribution in [0, 0.1) is 0 Å². The SMILES string of the molecule is O=C(Nc1nc(-c2ccco2)cs1)c1ccnc(Cl)c1.